The lowest BCUT2D eigenvalue weighted by Crippen LogP contribution is -2.16. The molecule has 1 aliphatic carbocycles. The quantitative estimate of drug-likeness (QED) is 0.603. The Morgan fingerprint density at radius 1 is 1.15 bits per heavy atom. The zero-order chi connectivity index (χ0) is 9.42. The van der Waals surface area contributed by atoms with Crippen molar-refractivity contribution in [3.8, 4) is 0 Å². The van der Waals surface area contributed by atoms with Crippen molar-refractivity contribution in [3.63, 3.8) is 0 Å². The van der Waals surface area contributed by atoms with E-state index in [9.17, 15) is 4.79 Å². The fraction of sp³-hybridized carbons (Fsp3) is 0. The molecule has 0 radical (unpaired) electrons. The van der Waals surface area contributed by atoms with Crippen molar-refractivity contribution in [1.82, 2.24) is 0 Å². The molecular weight excluding hydrogens is 182 g/mol. The second-order valence-electron chi connectivity index (χ2n) is 2.82. The van der Waals surface area contributed by atoms with Gasteiger partial charge in [-0.05, 0) is 11.6 Å². The van der Waals surface area contributed by atoms with Gasteiger partial charge in [-0.15, -0.1) is 12.6 Å². The van der Waals surface area contributed by atoms with Crippen LogP contribution in [0.2, 0.25) is 0 Å². The molecule has 0 bridgehead atoms. The van der Waals surface area contributed by atoms with Gasteiger partial charge in [0.1, 0.15) is 5.71 Å². The van der Waals surface area contributed by atoms with E-state index in [2.05, 4.69) is 12.6 Å². The lowest BCUT2D eigenvalue weighted by molar-refractivity contribution is 0.106. The molecule has 1 aromatic carbocycles. The summed E-state index contributed by atoms with van der Waals surface area (Å²) in [5, 5.41) is 7.38. The van der Waals surface area contributed by atoms with Crippen LogP contribution in [-0.4, -0.2) is 11.5 Å². The molecule has 64 valence electrons. The molecule has 2 rings (SSSR count). The zero-order valence-electron chi connectivity index (χ0n) is 6.74. The summed E-state index contributed by atoms with van der Waals surface area (Å²) in [7, 11) is 0. The van der Waals surface area contributed by atoms with Gasteiger partial charge in [-0.2, -0.15) is 0 Å². The summed E-state index contributed by atoms with van der Waals surface area (Å²) < 4.78 is 0. The first kappa shape index (κ1) is 8.26. The number of carbonyl (C=O) groups is 1. The van der Waals surface area contributed by atoms with Gasteiger partial charge in [-0.3, -0.25) is 10.2 Å². The predicted molar refractivity (Wildman–Crippen MR) is 55.5 cm³/mol. The standard InChI is InChI=1S/C10H7NOS/c11-8-5-9(13)6-3-1-2-4-7(6)10(8)12/h1-5,11,13H. The van der Waals surface area contributed by atoms with Crippen LogP contribution in [0, 0.1) is 5.41 Å². The van der Waals surface area contributed by atoms with Gasteiger partial charge in [0.15, 0.2) is 0 Å². The van der Waals surface area contributed by atoms with Gasteiger partial charge < -0.3 is 0 Å². The van der Waals surface area contributed by atoms with E-state index < -0.39 is 0 Å². The number of benzene rings is 1. The molecule has 2 nitrogen and oxygen atoms in total. The van der Waals surface area contributed by atoms with E-state index in [1.165, 1.54) is 6.08 Å². The number of ketones is 1. The van der Waals surface area contributed by atoms with Crippen LogP contribution in [0.5, 0.6) is 0 Å². The first-order valence-corrected chi connectivity index (χ1v) is 4.28. The molecule has 0 spiro atoms. The van der Waals surface area contributed by atoms with Gasteiger partial charge in [-0.1, -0.05) is 24.3 Å². The van der Waals surface area contributed by atoms with E-state index in [0.717, 1.165) is 5.56 Å². The lowest BCUT2D eigenvalue weighted by atomic mass is 9.95. The van der Waals surface area contributed by atoms with Gasteiger partial charge in [0.05, 0.1) is 0 Å². The molecule has 1 N–H and O–H groups in total. The highest BCUT2D eigenvalue weighted by atomic mass is 32.1. The van der Waals surface area contributed by atoms with Gasteiger partial charge in [-0.25, -0.2) is 0 Å². The Kier molecular flexibility index (Phi) is 1.81. The highest BCUT2D eigenvalue weighted by Gasteiger charge is 2.20. The average Bonchev–Trinajstić information content (AvgIpc) is 2.15. The molecule has 1 aliphatic rings. The summed E-state index contributed by atoms with van der Waals surface area (Å²) in [5.74, 6) is -0.228. The number of thiol groups is 1. The summed E-state index contributed by atoms with van der Waals surface area (Å²) in [5.41, 5.74) is 1.38. The largest absolute Gasteiger partial charge is 0.297 e. The van der Waals surface area contributed by atoms with Crippen LogP contribution in [0.25, 0.3) is 4.91 Å². The average molecular weight is 189 g/mol. The summed E-state index contributed by atoms with van der Waals surface area (Å²) in [6, 6.07) is 7.19. The predicted octanol–water partition coefficient (Wildman–Crippen LogP) is 2.17. The van der Waals surface area contributed by atoms with E-state index >= 15 is 0 Å². The van der Waals surface area contributed by atoms with Crippen LogP contribution in [0.15, 0.2) is 30.3 Å². The highest BCUT2D eigenvalue weighted by Crippen LogP contribution is 2.26. The maximum absolute atomic E-state index is 11.5. The number of carbonyl (C=O) groups excluding carboxylic acids is 1. The van der Waals surface area contributed by atoms with Crippen molar-refractivity contribution >= 4 is 29.0 Å². The third-order valence-electron chi connectivity index (χ3n) is 1.97. The van der Waals surface area contributed by atoms with Gasteiger partial charge >= 0.3 is 0 Å². The summed E-state index contributed by atoms with van der Waals surface area (Å²) >= 11 is 4.21. The van der Waals surface area contributed by atoms with Crippen molar-refractivity contribution in [2.45, 2.75) is 0 Å². The zero-order valence-corrected chi connectivity index (χ0v) is 7.64. The molecule has 0 heterocycles. The minimum absolute atomic E-state index is 0.00343. The molecule has 0 aromatic heterocycles. The second-order valence-corrected chi connectivity index (χ2v) is 3.30. The number of fused-ring (bicyclic) bond motifs is 1. The first-order valence-electron chi connectivity index (χ1n) is 3.83. The Balaban J connectivity index is 2.72. The fourth-order valence-corrected chi connectivity index (χ4v) is 1.65. The molecule has 0 fully saturated rings. The molecule has 0 saturated heterocycles. The van der Waals surface area contributed by atoms with Crippen molar-refractivity contribution in [2.75, 3.05) is 0 Å². The van der Waals surface area contributed by atoms with Gasteiger partial charge in [0.2, 0.25) is 5.78 Å². The van der Waals surface area contributed by atoms with Crippen molar-refractivity contribution in [3.05, 3.63) is 41.5 Å². The summed E-state index contributed by atoms with van der Waals surface area (Å²) in [6.07, 6.45) is 1.48. The minimum atomic E-state index is -0.228. The van der Waals surface area contributed by atoms with Gasteiger partial charge in [0, 0.05) is 10.5 Å². The molecule has 0 saturated carbocycles. The Hall–Kier alpha value is -1.35. The summed E-state index contributed by atoms with van der Waals surface area (Å²) in [6.45, 7) is 0. The number of rotatable bonds is 0. The Morgan fingerprint density at radius 3 is 2.46 bits per heavy atom. The van der Waals surface area contributed by atoms with Crippen molar-refractivity contribution in [2.24, 2.45) is 0 Å². The third-order valence-corrected chi connectivity index (χ3v) is 2.34. The van der Waals surface area contributed by atoms with Crippen molar-refractivity contribution < 1.29 is 4.79 Å². The number of Topliss-reactive ketones (excluding diaryl/α,β-unsaturated/α-hetero) is 1. The number of nitrogens with one attached hydrogen (secondary N) is 1. The Morgan fingerprint density at radius 2 is 1.77 bits per heavy atom. The van der Waals surface area contributed by atoms with E-state index in [1.54, 1.807) is 12.1 Å². The smallest absolute Gasteiger partial charge is 0.211 e. The van der Waals surface area contributed by atoms with E-state index in [4.69, 9.17) is 5.41 Å². The molecule has 0 amide bonds. The topological polar surface area (TPSA) is 40.9 Å². The lowest BCUT2D eigenvalue weighted by Gasteiger charge is -2.12. The molecule has 0 atom stereocenters. The molecule has 1 aromatic rings. The van der Waals surface area contributed by atoms with Crippen LogP contribution >= 0.6 is 12.6 Å². The van der Waals surface area contributed by atoms with E-state index in [0.29, 0.717) is 10.5 Å². The van der Waals surface area contributed by atoms with Gasteiger partial charge in [0.25, 0.3) is 0 Å². The van der Waals surface area contributed by atoms with Crippen molar-refractivity contribution in [1.29, 1.82) is 5.41 Å². The molecule has 0 unspecified atom stereocenters. The molecular formula is C10H7NOS. The summed E-state index contributed by atoms with van der Waals surface area (Å²) in [4.78, 5) is 12.1. The monoisotopic (exact) mass is 189 g/mol. The Bertz CT molecular complexity index is 434. The Labute approximate surface area is 81.2 Å². The van der Waals surface area contributed by atoms with Crippen LogP contribution in [-0.2, 0) is 0 Å². The number of hydrogen-bond acceptors (Lipinski definition) is 3. The third kappa shape index (κ3) is 1.21. The second kappa shape index (κ2) is 2.85. The molecule has 0 aliphatic heterocycles. The van der Waals surface area contributed by atoms with Crippen LogP contribution in [0.3, 0.4) is 0 Å². The van der Waals surface area contributed by atoms with E-state index in [1.807, 2.05) is 12.1 Å². The SMILES string of the molecule is N=C1C=C(S)c2ccccc2C1=O. The van der Waals surface area contributed by atoms with Crippen LogP contribution in [0.1, 0.15) is 15.9 Å². The van der Waals surface area contributed by atoms with Crippen LogP contribution < -0.4 is 0 Å². The molecule has 3 heteroatoms. The van der Waals surface area contributed by atoms with E-state index in [-0.39, 0.29) is 11.5 Å². The highest BCUT2D eigenvalue weighted by molar-refractivity contribution is 7.90. The molecule has 13 heavy (non-hydrogen) atoms. The normalized spacial score (nSPS) is 15.3. The minimum Gasteiger partial charge on any atom is -0.297 e. The maximum Gasteiger partial charge on any atom is 0.211 e. The van der Waals surface area contributed by atoms with Crippen LogP contribution in [0.4, 0.5) is 0 Å². The number of hydrogen-bond donors (Lipinski definition) is 2. The number of allylic oxidation sites excluding steroid dienone is 1. The maximum atomic E-state index is 11.5. The first-order chi connectivity index (χ1) is 6.20. The fourth-order valence-electron chi connectivity index (χ4n) is 1.33.